The van der Waals surface area contributed by atoms with Crippen molar-refractivity contribution < 1.29 is 17.9 Å². The summed E-state index contributed by atoms with van der Waals surface area (Å²) in [6.45, 7) is 0.266. The molecular weight excluding hydrogens is 388 g/mol. The molecule has 0 atom stereocenters. The maximum absolute atomic E-state index is 13.0. The van der Waals surface area contributed by atoms with Gasteiger partial charge in [0.15, 0.2) is 0 Å². The van der Waals surface area contributed by atoms with Crippen LogP contribution in [0.1, 0.15) is 5.56 Å². The van der Waals surface area contributed by atoms with E-state index in [1.54, 1.807) is 32.4 Å². The summed E-state index contributed by atoms with van der Waals surface area (Å²) in [5.41, 5.74) is 1.90. The third kappa shape index (κ3) is 4.63. The zero-order chi connectivity index (χ0) is 21.0. The van der Waals surface area contributed by atoms with E-state index in [-0.39, 0.29) is 11.4 Å². The minimum absolute atomic E-state index is 0.266. The monoisotopic (exact) mass is 414 g/mol. The standard InChI is InChI=1S/C22H26N2O4S/c1-24(2)21-9-5-8-20-19(21)7-6-10-22(20)29(25,26)23-12-11-16-13-17(27-3)15-18(14-16)28-4/h5-10,13-15,23H,11-12H2,1-4H3. The van der Waals surface area contributed by atoms with Gasteiger partial charge in [-0.3, -0.25) is 0 Å². The molecule has 154 valence electrons. The lowest BCUT2D eigenvalue weighted by molar-refractivity contribution is 0.393. The highest BCUT2D eigenvalue weighted by Crippen LogP contribution is 2.30. The molecule has 3 aromatic rings. The summed E-state index contributed by atoms with van der Waals surface area (Å²) in [6.07, 6.45) is 0.514. The number of hydrogen-bond acceptors (Lipinski definition) is 5. The summed E-state index contributed by atoms with van der Waals surface area (Å²) in [5.74, 6) is 1.35. The summed E-state index contributed by atoms with van der Waals surface area (Å²) in [6, 6.07) is 16.6. The van der Waals surface area contributed by atoms with E-state index in [4.69, 9.17) is 9.47 Å². The zero-order valence-electron chi connectivity index (χ0n) is 17.1. The molecule has 0 spiro atoms. The Hall–Kier alpha value is -2.77. The molecule has 0 amide bonds. The number of ether oxygens (including phenoxy) is 2. The second kappa shape index (κ2) is 8.71. The maximum Gasteiger partial charge on any atom is 0.241 e. The van der Waals surface area contributed by atoms with Gasteiger partial charge in [0, 0.05) is 43.2 Å². The molecule has 3 rings (SSSR count). The lowest BCUT2D eigenvalue weighted by Crippen LogP contribution is -2.26. The number of nitrogens with one attached hydrogen (secondary N) is 1. The molecule has 0 bridgehead atoms. The zero-order valence-corrected chi connectivity index (χ0v) is 17.9. The van der Waals surface area contributed by atoms with Gasteiger partial charge in [-0.2, -0.15) is 0 Å². The van der Waals surface area contributed by atoms with Gasteiger partial charge in [0.25, 0.3) is 0 Å². The smallest absolute Gasteiger partial charge is 0.241 e. The number of fused-ring (bicyclic) bond motifs is 1. The molecule has 1 N–H and O–H groups in total. The Morgan fingerprint density at radius 3 is 2.14 bits per heavy atom. The van der Waals surface area contributed by atoms with E-state index in [1.165, 1.54) is 0 Å². The molecule has 0 radical (unpaired) electrons. The summed E-state index contributed by atoms with van der Waals surface area (Å²) < 4.78 is 39.2. The topological polar surface area (TPSA) is 67.9 Å². The number of methoxy groups -OCH3 is 2. The molecule has 0 saturated carbocycles. The lowest BCUT2D eigenvalue weighted by Gasteiger charge is -2.17. The van der Waals surface area contributed by atoms with Gasteiger partial charge in [-0.15, -0.1) is 0 Å². The normalized spacial score (nSPS) is 11.4. The fourth-order valence-electron chi connectivity index (χ4n) is 3.31. The van der Waals surface area contributed by atoms with E-state index in [0.29, 0.717) is 23.3 Å². The maximum atomic E-state index is 13.0. The van der Waals surface area contributed by atoms with Crippen LogP contribution in [0.2, 0.25) is 0 Å². The third-order valence-electron chi connectivity index (χ3n) is 4.75. The van der Waals surface area contributed by atoms with Crippen LogP contribution >= 0.6 is 0 Å². The third-order valence-corrected chi connectivity index (χ3v) is 6.27. The number of nitrogens with zero attached hydrogens (tertiary/aromatic N) is 1. The molecule has 3 aromatic carbocycles. The van der Waals surface area contributed by atoms with Gasteiger partial charge in [-0.05, 0) is 36.2 Å². The molecule has 0 aliphatic rings. The second-order valence-electron chi connectivity index (χ2n) is 6.89. The van der Waals surface area contributed by atoms with E-state index >= 15 is 0 Å². The van der Waals surface area contributed by atoms with Gasteiger partial charge >= 0.3 is 0 Å². The Kier molecular flexibility index (Phi) is 6.30. The van der Waals surface area contributed by atoms with Crippen LogP contribution in [0.25, 0.3) is 10.8 Å². The summed E-state index contributed by atoms with van der Waals surface area (Å²) in [5, 5.41) is 1.60. The van der Waals surface area contributed by atoms with Crippen molar-refractivity contribution in [3.05, 3.63) is 60.2 Å². The summed E-state index contributed by atoms with van der Waals surface area (Å²) in [4.78, 5) is 2.25. The van der Waals surface area contributed by atoms with Crippen molar-refractivity contribution in [2.24, 2.45) is 0 Å². The van der Waals surface area contributed by atoms with Crippen LogP contribution in [0, 0.1) is 0 Å². The predicted molar refractivity (Wildman–Crippen MR) is 117 cm³/mol. The first kappa shape index (κ1) is 21.0. The number of rotatable bonds is 8. The van der Waals surface area contributed by atoms with Crippen molar-refractivity contribution in [2.45, 2.75) is 11.3 Å². The number of hydrogen-bond donors (Lipinski definition) is 1. The van der Waals surface area contributed by atoms with Gasteiger partial charge in [0.05, 0.1) is 19.1 Å². The molecule has 0 aliphatic carbocycles. The predicted octanol–water partition coefficient (Wildman–Crippen LogP) is 3.44. The van der Waals surface area contributed by atoms with Gasteiger partial charge < -0.3 is 14.4 Å². The highest BCUT2D eigenvalue weighted by atomic mass is 32.2. The van der Waals surface area contributed by atoms with Crippen molar-refractivity contribution in [3.63, 3.8) is 0 Å². The SMILES string of the molecule is COc1cc(CCNS(=O)(=O)c2cccc3c(N(C)C)cccc23)cc(OC)c1. The van der Waals surface area contributed by atoms with Crippen molar-refractivity contribution in [2.75, 3.05) is 39.8 Å². The Morgan fingerprint density at radius 1 is 0.897 bits per heavy atom. The van der Waals surface area contributed by atoms with E-state index < -0.39 is 10.0 Å². The van der Waals surface area contributed by atoms with E-state index in [1.807, 2.05) is 55.4 Å². The Morgan fingerprint density at radius 2 is 1.52 bits per heavy atom. The van der Waals surface area contributed by atoms with Crippen molar-refractivity contribution >= 4 is 26.5 Å². The second-order valence-corrected chi connectivity index (χ2v) is 8.63. The van der Waals surface area contributed by atoms with E-state index in [9.17, 15) is 8.42 Å². The molecule has 29 heavy (non-hydrogen) atoms. The largest absolute Gasteiger partial charge is 0.497 e. The first-order valence-corrected chi connectivity index (χ1v) is 10.7. The van der Waals surface area contributed by atoms with Crippen LogP contribution in [0.5, 0.6) is 11.5 Å². The molecule has 7 heteroatoms. The number of sulfonamides is 1. The Bertz CT molecular complexity index is 1090. The molecule has 0 heterocycles. The van der Waals surface area contributed by atoms with Gasteiger partial charge in [0.2, 0.25) is 10.0 Å². The average Bonchev–Trinajstić information content (AvgIpc) is 2.72. The summed E-state index contributed by atoms with van der Waals surface area (Å²) in [7, 11) is 3.39. The minimum Gasteiger partial charge on any atom is -0.497 e. The van der Waals surface area contributed by atoms with Crippen LogP contribution in [0.3, 0.4) is 0 Å². The molecule has 0 saturated heterocycles. The summed E-state index contributed by atoms with van der Waals surface area (Å²) >= 11 is 0. The molecule has 6 nitrogen and oxygen atoms in total. The van der Waals surface area contributed by atoms with Crippen LogP contribution in [-0.4, -0.2) is 43.3 Å². The quantitative estimate of drug-likeness (QED) is 0.612. The van der Waals surface area contributed by atoms with E-state index in [0.717, 1.165) is 16.6 Å². The molecular formula is C22H26N2O4S. The number of anilines is 1. The average molecular weight is 415 g/mol. The molecule has 0 unspecified atom stereocenters. The Balaban J connectivity index is 1.83. The van der Waals surface area contributed by atoms with Crippen LogP contribution in [0.4, 0.5) is 5.69 Å². The molecule has 0 aromatic heterocycles. The molecule has 0 fully saturated rings. The first-order chi connectivity index (χ1) is 13.9. The van der Waals surface area contributed by atoms with Crippen molar-refractivity contribution in [3.8, 4) is 11.5 Å². The van der Waals surface area contributed by atoms with Crippen LogP contribution < -0.4 is 19.1 Å². The van der Waals surface area contributed by atoms with Crippen LogP contribution in [-0.2, 0) is 16.4 Å². The van der Waals surface area contributed by atoms with Crippen molar-refractivity contribution in [1.29, 1.82) is 0 Å². The van der Waals surface area contributed by atoms with Gasteiger partial charge in [0.1, 0.15) is 11.5 Å². The van der Waals surface area contributed by atoms with Crippen molar-refractivity contribution in [1.82, 2.24) is 4.72 Å². The number of benzene rings is 3. The fraction of sp³-hybridized carbons (Fsp3) is 0.273. The van der Waals surface area contributed by atoms with E-state index in [2.05, 4.69) is 4.72 Å². The highest BCUT2D eigenvalue weighted by Gasteiger charge is 2.18. The lowest BCUT2D eigenvalue weighted by atomic mass is 10.1. The van der Waals surface area contributed by atoms with Gasteiger partial charge in [-0.25, -0.2) is 13.1 Å². The molecule has 0 aliphatic heterocycles. The fourth-order valence-corrected chi connectivity index (χ4v) is 4.56. The first-order valence-electron chi connectivity index (χ1n) is 9.26. The Labute approximate surface area is 172 Å². The van der Waals surface area contributed by atoms with Crippen LogP contribution in [0.15, 0.2) is 59.5 Å². The highest BCUT2D eigenvalue weighted by molar-refractivity contribution is 7.89. The minimum atomic E-state index is -3.66. The van der Waals surface area contributed by atoms with Gasteiger partial charge in [-0.1, -0.05) is 24.3 Å².